The molecule has 3 rings (SSSR count). The van der Waals surface area contributed by atoms with E-state index in [0.29, 0.717) is 13.1 Å². The van der Waals surface area contributed by atoms with E-state index >= 15 is 0 Å². The highest BCUT2D eigenvalue weighted by Gasteiger charge is 2.30. The number of aryl methyl sites for hydroxylation is 1. The molecule has 1 unspecified atom stereocenters. The number of hydrogen-bond acceptors (Lipinski definition) is 6. The first kappa shape index (κ1) is 12.3. The number of piperazine rings is 1. The normalized spacial score (nSPS) is 19.8. The highest BCUT2D eigenvalue weighted by atomic mass is 32.1. The fourth-order valence-electron chi connectivity index (χ4n) is 2.37. The van der Waals surface area contributed by atoms with Crippen LogP contribution in [0.4, 0.5) is 5.82 Å². The van der Waals surface area contributed by atoms with E-state index < -0.39 is 12.0 Å². The number of aliphatic carboxylic acids is 1. The van der Waals surface area contributed by atoms with Gasteiger partial charge in [-0.1, -0.05) is 0 Å². The number of thiophene rings is 1. The highest BCUT2D eigenvalue weighted by molar-refractivity contribution is 7.18. The van der Waals surface area contributed by atoms with Gasteiger partial charge in [0.05, 0.1) is 5.39 Å². The average Bonchev–Trinajstić information content (AvgIpc) is 2.78. The molecule has 0 bridgehead atoms. The number of carboxylic acid groups (broad SMARTS) is 1. The molecule has 0 radical (unpaired) electrons. The zero-order valence-electron chi connectivity index (χ0n) is 10.5. The Hall–Kier alpha value is -1.73. The molecule has 0 amide bonds. The second-order valence-corrected chi connectivity index (χ2v) is 5.76. The third kappa shape index (κ3) is 2.15. The molecule has 1 aliphatic heterocycles. The van der Waals surface area contributed by atoms with Crippen molar-refractivity contribution < 1.29 is 9.90 Å². The van der Waals surface area contributed by atoms with Crippen molar-refractivity contribution in [3.05, 3.63) is 17.3 Å². The minimum Gasteiger partial charge on any atom is -0.480 e. The van der Waals surface area contributed by atoms with Crippen LogP contribution < -0.4 is 10.2 Å². The Kier molecular flexibility index (Phi) is 3.08. The van der Waals surface area contributed by atoms with Crippen molar-refractivity contribution in [2.24, 2.45) is 0 Å². The van der Waals surface area contributed by atoms with E-state index in [4.69, 9.17) is 0 Å². The molecular formula is C12H14N4O2S. The van der Waals surface area contributed by atoms with Crippen molar-refractivity contribution in [2.75, 3.05) is 24.5 Å². The number of rotatable bonds is 2. The van der Waals surface area contributed by atoms with Gasteiger partial charge in [0.2, 0.25) is 0 Å². The summed E-state index contributed by atoms with van der Waals surface area (Å²) in [5.74, 6) is -0.103. The lowest BCUT2D eigenvalue weighted by Crippen LogP contribution is -2.55. The van der Waals surface area contributed by atoms with Crippen LogP contribution in [-0.4, -0.2) is 46.7 Å². The molecule has 100 valence electrons. The molecule has 1 saturated heterocycles. The largest absolute Gasteiger partial charge is 0.480 e. The van der Waals surface area contributed by atoms with Crippen LogP contribution in [0.2, 0.25) is 0 Å². The summed E-state index contributed by atoms with van der Waals surface area (Å²) in [6.07, 6.45) is 1.51. The second kappa shape index (κ2) is 4.75. The first-order valence-corrected chi connectivity index (χ1v) is 6.90. The summed E-state index contributed by atoms with van der Waals surface area (Å²) in [5, 5.41) is 13.4. The predicted molar refractivity (Wildman–Crippen MR) is 73.8 cm³/mol. The fraction of sp³-hybridized carbons (Fsp3) is 0.417. The number of carboxylic acids is 1. The third-order valence-electron chi connectivity index (χ3n) is 3.23. The summed E-state index contributed by atoms with van der Waals surface area (Å²) < 4.78 is 0. The maximum atomic E-state index is 11.4. The van der Waals surface area contributed by atoms with Crippen LogP contribution in [0.25, 0.3) is 10.2 Å². The van der Waals surface area contributed by atoms with Crippen molar-refractivity contribution >= 4 is 33.3 Å². The number of aromatic nitrogens is 2. The third-order valence-corrected chi connectivity index (χ3v) is 4.19. The van der Waals surface area contributed by atoms with Gasteiger partial charge in [-0.05, 0) is 13.0 Å². The van der Waals surface area contributed by atoms with E-state index in [-0.39, 0.29) is 0 Å². The molecule has 1 aliphatic rings. The van der Waals surface area contributed by atoms with Gasteiger partial charge in [0.25, 0.3) is 0 Å². The molecule has 2 aromatic rings. The molecular weight excluding hydrogens is 264 g/mol. The topological polar surface area (TPSA) is 78.4 Å². The molecule has 0 spiro atoms. The molecule has 7 heteroatoms. The van der Waals surface area contributed by atoms with E-state index in [9.17, 15) is 9.90 Å². The second-order valence-electron chi connectivity index (χ2n) is 4.52. The lowest BCUT2D eigenvalue weighted by molar-refractivity contribution is -0.138. The molecule has 1 atom stereocenters. The van der Waals surface area contributed by atoms with Crippen molar-refractivity contribution in [2.45, 2.75) is 13.0 Å². The number of fused-ring (bicyclic) bond motifs is 1. The average molecular weight is 278 g/mol. The molecule has 3 heterocycles. The van der Waals surface area contributed by atoms with Crippen LogP contribution in [-0.2, 0) is 4.79 Å². The smallest absolute Gasteiger partial charge is 0.327 e. The number of nitrogens with zero attached hydrogens (tertiary/aromatic N) is 3. The van der Waals surface area contributed by atoms with Crippen molar-refractivity contribution in [3.8, 4) is 0 Å². The zero-order valence-corrected chi connectivity index (χ0v) is 11.3. The molecule has 1 fully saturated rings. The van der Waals surface area contributed by atoms with Gasteiger partial charge in [-0.15, -0.1) is 11.3 Å². The molecule has 0 saturated carbocycles. The Morgan fingerprint density at radius 1 is 1.58 bits per heavy atom. The number of carbonyl (C=O) groups is 1. The van der Waals surface area contributed by atoms with Crippen LogP contribution in [0.15, 0.2) is 12.4 Å². The van der Waals surface area contributed by atoms with Gasteiger partial charge in [0.15, 0.2) is 0 Å². The summed E-state index contributed by atoms with van der Waals surface area (Å²) >= 11 is 1.60. The predicted octanol–water partition coefficient (Wildman–Crippen LogP) is 0.863. The number of nitrogens with one attached hydrogen (secondary N) is 1. The van der Waals surface area contributed by atoms with Crippen molar-refractivity contribution in [1.29, 1.82) is 0 Å². The standard InChI is InChI=1S/C12H14N4O2S/c1-7-4-8-10(14-6-15-11(8)19-7)16-3-2-13-5-9(16)12(17)18/h4,6,9,13H,2-3,5H2,1H3,(H,17,18). The summed E-state index contributed by atoms with van der Waals surface area (Å²) in [5.41, 5.74) is 0. The minimum absolute atomic E-state index is 0.434. The summed E-state index contributed by atoms with van der Waals surface area (Å²) in [6.45, 7) is 3.85. The van der Waals surface area contributed by atoms with Gasteiger partial charge in [0, 0.05) is 24.5 Å². The lowest BCUT2D eigenvalue weighted by Gasteiger charge is -2.34. The summed E-state index contributed by atoms with van der Waals surface area (Å²) in [7, 11) is 0. The Balaban J connectivity index is 2.09. The van der Waals surface area contributed by atoms with Gasteiger partial charge in [-0.3, -0.25) is 0 Å². The molecule has 19 heavy (non-hydrogen) atoms. The Bertz CT molecular complexity index is 627. The monoisotopic (exact) mass is 278 g/mol. The van der Waals surface area contributed by atoms with Crippen LogP contribution in [0.3, 0.4) is 0 Å². The molecule has 2 N–H and O–H groups in total. The van der Waals surface area contributed by atoms with Crippen LogP contribution in [0.5, 0.6) is 0 Å². The Morgan fingerprint density at radius 2 is 2.42 bits per heavy atom. The number of anilines is 1. The van der Waals surface area contributed by atoms with Gasteiger partial charge >= 0.3 is 5.97 Å². The minimum atomic E-state index is -0.828. The van der Waals surface area contributed by atoms with Crippen LogP contribution in [0, 0.1) is 6.92 Å². The first-order valence-electron chi connectivity index (χ1n) is 6.08. The maximum Gasteiger partial charge on any atom is 0.327 e. The highest BCUT2D eigenvalue weighted by Crippen LogP contribution is 2.30. The summed E-state index contributed by atoms with van der Waals surface area (Å²) in [6, 6.07) is 1.45. The molecule has 0 aliphatic carbocycles. The first-order chi connectivity index (χ1) is 9.16. The molecule has 2 aromatic heterocycles. The van der Waals surface area contributed by atoms with Crippen LogP contribution >= 0.6 is 11.3 Å². The Labute approximate surface area is 114 Å². The van der Waals surface area contributed by atoms with E-state index in [1.807, 2.05) is 17.9 Å². The molecule has 0 aromatic carbocycles. The van der Waals surface area contributed by atoms with E-state index in [1.165, 1.54) is 6.33 Å². The van der Waals surface area contributed by atoms with E-state index in [1.54, 1.807) is 11.3 Å². The van der Waals surface area contributed by atoms with Crippen molar-refractivity contribution in [3.63, 3.8) is 0 Å². The van der Waals surface area contributed by atoms with E-state index in [2.05, 4.69) is 15.3 Å². The fourth-order valence-corrected chi connectivity index (χ4v) is 3.21. The number of hydrogen-bond donors (Lipinski definition) is 2. The SMILES string of the molecule is Cc1cc2c(N3CCNCC3C(=O)O)ncnc2s1. The van der Waals surface area contributed by atoms with Crippen LogP contribution in [0.1, 0.15) is 4.88 Å². The van der Waals surface area contributed by atoms with Gasteiger partial charge in [0.1, 0.15) is 23.0 Å². The molecule has 6 nitrogen and oxygen atoms in total. The van der Waals surface area contributed by atoms with Gasteiger partial charge in [-0.25, -0.2) is 14.8 Å². The summed E-state index contributed by atoms with van der Waals surface area (Å²) in [4.78, 5) is 23.8. The van der Waals surface area contributed by atoms with Crippen molar-refractivity contribution in [1.82, 2.24) is 15.3 Å². The van der Waals surface area contributed by atoms with E-state index in [0.717, 1.165) is 27.5 Å². The van der Waals surface area contributed by atoms with Gasteiger partial charge in [-0.2, -0.15) is 0 Å². The Morgan fingerprint density at radius 3 is 3.21 bits per heavy atom. The lowest BCUT2D eigenvalue weighted by atomic mass is 10.2. The quantitative estimate of drug-likeness (QED) is 0.848. The maximum absolute atomic E-state index is 11.4. The van der Waals surface area contributed by atoms with Gasteiger partial charge < -0.3 is 15.3 Å². The zero-order chi connectivity index (χ0) is 13.4.